The Hall–Kier alpha value is -2.88. The summed E-state index contributed by atoms with van der Waals surface area (Å²) >= 11 is 0. The van der Waals surface area contributed by atoms with E-state index < -0.39 is 0 Å². The van der Waals surface area contributed by atoms with Crippen molar-refractivity contribution in [3.63, 3.8) is 0 Å². The molecule has 124 valence electrons. The van der Waals surface area contributed by atoms with E-state index in [1.807, 2.05) is 48.8 Å². The smallest absolute Gasteiger partial charge is 0.228 e. The van der Waals surface area contributed by atoms with Crippen LogP contribution < -0.4 is 5.32 Å². The number of aromatic nitrogens is 2. The van der Waals surface area contributed by atoms with Gasteiger partial charge in [-0.1, -0.05) is 24.3 Å². The molecule has 0 aliphatic heterocycles. The van der Waals surface area contributed by atoms with Gasteiger partial charge >= 0.3 is 0 Å². The minimum absolute atomic E-state index is 0.132. The van der Waals surface area contributed by atoms with Gasteiger partial charge in [-0.25, -0.2) is 4.98 Å². The van der Waals surface area contributed by atoms with Gasteiger partial charge in [-0.05, 0) is 61.1 Å². The van der Waals surface area contributed by atoms with Gasteiger partial charge in [0, 0.05) is 17.3 Å². The fraction of sp³-hybridized carbons (Fsp3) is 0.238. The zero-order valence-electron chi connectivity index (χ0n) is 13.8. The summed E-state index contributed by atoms with van der Waals surface area (Å²) in [6.07, 6.45) is 8.45. The van der Waals surface area contributed by atoms with Gasteiger partial charge < -0.3 is 5.32 Å². The lowest BCUT2D eigenvalue weighted by Gasteiger charge is -2.17. The van der Waals surface area contributed by atoms with Crippen molar-refractivity contribution >= 4 is 22.6 Å². The first kappa shape index (κ1) is 14.5. The minimum atomic E-state index is 0.132. The largest absolute Gasteiger partial charge is 0.326 e. The van der Waals surface area contributed by atoms with E-state index in [0.29, 0.717) is 11.8 Å². The molecule has 0 spiro atoms. The van der Waals surface area contributed by atoms with Gasteiger partial charge in [0.25, 0.3) is 0 Å². The highest BCUT2D eigenvalue weighted by atomic mass is 16.1. The fourth-order valence-electron chi connectivity index (χ4n) is 4.19. The molecule has 3 atom stereocenters. The van der Waals surface area contributed by atoms with Crippen molar-refractivity contribution in [2.45, 2.75) is 12.8 Å². The number of allylic oxidation sites excluding steroid dienone is 2. The van der Waals surface area contributed by atoms with E-state index in [0.717, 1.165) is 35.2 Å². The van der Waals surface area contributed by atoms with Crippen LogP contribution in [0.15, 0.2) is 67.0 Å². The van der Waals surface area contributed by atoms with Crippen LogP contribution in [0.4, 0.5) is 5.69 Å². The minimum Gasteiger partial charge on any atom is -0.326 e. The maximum Gasteiger partial charge on any atom is 0.228 e. The standard InChI is InChI=1S/C21H19N3O/c25-21(18-12-14-5-6-15(18)11-14)23-16-7-9-17(10-8-16)24-13-22-19-3-1-2-4-20(19)24/h1-10,13-15,18H,11-12H2,(H,23,25). The molecule has 0 saturated heterocycles. The number of fused-ring (bicyclic) bond motifs is 3. The highest BCUT2D eigenvalue weighted by Crippen LogP contribution is 2.43. The molecule has 25 heavy (non-hydrogen) atoms. The first-order chi connectivity index (χ1) is 12.3. The zero-order chi connectivity index (χ0) is 16.8. The van der Waals surface area contributed by atoms with Gasteiger partial charge in [0.2, 0.25) is 5.91 Å². The lowest BCUT2D eigenvalue weighted by Crippen LogP contribution is -2.25. The van der Waals surface area contributed by atoms with E-state index in [1.165, 1.54) is 0 Å². The monoisotopic (exact) mass is 329 g/mol. The number of nitrogens with zero attached hydrogens (tertiary/aromatic N) is 2. The zero-order valence-corrected chi connectivity index (χ0v) is 13.8. The second-order valence-electron chi connectivity index (χ2n) is 7.03. The molecule has 4 heteroatoms. The lowest BCUT2D eigenvalue weighted by molar-refractivity contribution is -0.120. The van der Waals surface area contributed by atoms with Crippen molar-refractivity contribution in [1.29, 1.82) is 0 Å². The lowest BCUT2D eigenvalue weighted by atomic mass is 9.93. The van der Waals surface area contributed by atoms with Gasteiger partial charge in [-0.3, -0.25) is 9.36 Å². The third-order valence-corrected chi connectivity index (χ3v) is 5.48. The number of carbonyl (C=O) groups is 1. The Kier molecular flexibility index (Phi) is 3.23. The van der Waals surface area contributed by atoms with E-state index >= 15 is 0 Å². The summed E-state index contributed by atoms with van der Waals surface area (Å²) in [5.41, 5.74) is 3.94. The first-order valence-electron chi connectivity index (χ1n) is 8.80. The molecule has 5 rings (SSSR count). The van der Waals surface area contributed by atoms with Crippen LogP contribution in [0, 0.1) is 17.8 Å². The SMILES string of the molecule is O=C(Nc1ccc(-n2cnc3ccccc32)cc1)C1CC2C=CC1C2. The van der Waals surface area contributed by atoms with Crippen LogP contribution >= 0.6 is 0 Å². The predicted molar refractivity (Wildman–Crippen MR) is 98.5 cm³/mol. The van der Waals surface area contributed by atoms with Crippen LogP contribution in [0.5, 0.6) is 0 Å². The Labute approximate surface area is 146 Å². The third kappa shape index (κ3) is 2.45. The van der Waals surface area contributed by atoms with Gasteiger partial charge in [0.05, 0.1) is 11.0 Å². The summed E-state index contributed by atoms with van der Waals surface area (Å²) < 4.78 is 2.06. The molecule has 2 aromatic carbocycles. The van der Waals surface area contributed by atoms with Crippen LogP contribution in [0.25, 0.3) is 16.7 Å². The molecule has 2 bridgehead atoms. The van der Waals surface area contributed by atoms with Crippen molar-refractivity contribution in [3.8, 4) is 5.69 Å². The summed E-state index contributed by atoms with van der Waals surface area (Å²) in [4.78, 5) is 17.0. The topological polar surface area (TPSA) is 46.9 Å². The number of imidazole rings is 1. The van der Waals surface area contributed by atoms with Gasteiger partial charge in [0.15, 0.2) is 0 Å². The molecule has 1 heterocycles. The summed E-state index contributed by atoms with van der Waals surface area (Å²) in [5.74, 6) is 1.32. The van der Waals surface area contributed by atoms with E-state index in [4.69, 9.17) is 0 Å². The molecule has 1 saturated carbocycles. The number of benzene rings is 2. The molecule has 3 unspecified atom stereocenters. The molecular weight excluding hydrogens is 310 g/mol. The highest BCUT2D eigenvalue weighted by molar-refractivity contribution is 5.93. The molecule has 0 radical (unpaired) electrons. The molecule has 1 fully saturated rings. The first-order valence-corrected chi connectivity index (χ1v) is 8.80. The van der Waals surface area contributed by atoms with Crippen LogP contribution in [0.2, 0.25) is 0 Å². The van der Waals surface area contributed by atoms with Gasteiger partial charge in [0.1, 0.15) is 6.33 Å². The number of carbonyl (C=O) groups excluding carboxylic acids is 1. The predicted octanol–water partition coefficient (Wildman–Crippen LogP) is 4.18. The number of anilines is 1. The highest BCUT2D eigenvalue weighted by Gasteiger charge is 2.39. The summed E-state index contributed by atoms with van der Waals surface area (Å²) in [6.45, 7) is 0. The number of hydrogen-bond donors (Lipinski definition) is 1. The summed E-state index contributed by atoms with van der Waals surface area (Å²) in [6, 6.07) is 16.0. The second-order valence-corrected chi connectivity index (χ2v) is 7.03. The second kappa shape index (κ2) is 5.59. The van der Waals surface area contributed by atoms with Crippen molar-refractivity contribution in [1.82, 2.24) is 9.55 Å². The molecular formula is C21H19N3O. The quantitative estimate of drug-likeness (QED) is 0.733. The Morgan fingerprint density at radius 1 is 1.04 bits per heavy atom. The maximum atomic E-state index is 12.5. The average Bonchev–Trinajstić information content (AvgIpc) is 3.37. The molecule has 4 nitrogen and oxygen atoms in total. The Balaban J connectivity index is 1.35. The van der Waals surface area contributed by atoms with Gasteiger partial charge in [-0.2, -0.15) is 0 Å². The summed E-state index contributed by atoms with van der Waals surface area (Å²) in [7, 11) is 0. The third-order valence-electron chi connectivity index (χ3n) is 5.48. The Morgan fingerprint density at radius 2 is 1.88 bits per heavy atom. The van der Waals surface area contributed by atoms with E-state index in [2.05, 4.69) is 33.1 Å². The Morgan fingerprint density at radius 3 is 2.64 bits per heavy atom. The molecule has 2 aliphatic rings. The van der Waals surface area contributed by atoms with Gasteiger partial charge in [-0.15, -0.1) is 0 Å². The van der Waals surface area contributed by atoms with E-state index in [9.17, 15) is 4.79 Å². The van der Waals surface area contributed by atoms with Crippen LogP contribution in [-0.2, 0) is 4.79 Å². The molecule has 1 N–H and O–H groups in total. The van der Waals surface area contributed by atoms with Crippen LogP contribution in [0.3, 0.4) is 0 Å². The normalized spacial score (nSPS) is 24.1. The number of nitrogens with one attached hydrogen (secondary N) is 1. The van der Waals surface area contributed by atoms with Crippen molar-refractivity contribution in [2.75, 3.05) is 5.32 Å². The average molecular weight is 329 g/mol. The number of amides is 1. The summed E-state index contributed by atoms with van der Waals surface area (Å²) in [5, 5.41) is 3.08. The number of rotatable bonds is 3. The number of para-hydroxylation sites is 2. The van der Waals surface area contributed by atoms with Crippen LogP contribution in [-0.4, -0.2) is 15.5 Å². The molecule has 1 aromatic heterocycles. The molecule has 1 amide bonds. The van der Waals surface area contributed by atoms with E-state index in [1.54, 1.807) is 0 Å². The van der Waals surface area contributed by atoms with E-state index in [-0.39, 0.29) is 11.8 Å². The van der Waals surface area contributed by atoms with Crippen molar-refractivity contribution in [3.05, 3.63) is 67.0 Å². The number of hydrogen-bond acceptors (Lipinski definition) is 2. The molecule has 2 aliphatic carbocycles. The van der Waals surface area contributed by atoms with Crippen molar-refractivity contribution in [2.24, 2.45) is 17.8 Å². The van der Waals surface area contributed by atoms with Crippen molar-refractivity contribution < 1.29 is 4.79 Å². The fourth-order valence-corrected chi connectivity index (χ4v) is 4.19. The molecule has 3 aromatic rings. The van der Waals surface area contributed by atoms with Crippen LogP contribution in [0.1, 0.15) is 12.8 Å². The Bertz CT molecular complexity index is 970. The maximum absolute atomic E-state index is 12.5.